The Morgan fingerprint density at radius 3 is 2.56 bits per heavy atom. The molecule has 0 unspecified atom stereocenters. The molecule has 0 radical (unpaired) electrons. The van der Waals surface area contributed by atoms with Gasteiger partial charge < -0.3 is 5.32 Å². The van der Waals surface area contributed by atoms with Crippen LogP contribution in [0.25, 0.3) is 21.6 Å². The molecule has 0 atom stereocenters. The molecule has 3 heterocycles. The first-order valence-corrected chi connectivity index (χ1v) is 8.64. The zero-order valence-electron chi connectivity index (χ0n) is 13.7. The van der Waals surface area contributed by atoms with Crippen LogP contribution in [-0.4, -0.2) is 15.0 Å². The Balaban J connectivity index is 1.89. The summed E-state index contributed by atoms with van der Waals surface area (Å²) in [5.41, 5.74) is 2.79. The van der Waals surface area contributed by atoms with E-state index in [2.05, 4.69) is 24.1 Å². The molecule has 0 aliphatic heterocycles. The maximum Gasteiger partial charge on any atom is 0.164 e. The Morgan fingerprint density at radius 1 is 1.04 bits per heavy atom. The van der Waals surface area contributed by atoms with E-state index in [-0.39, 0.29) is 5.82 Å². The van der Waals surface area contributed by atoms with E-state index in [1.54, 1.807) is 35.9 Å². The van der Waals surface area contributed by atoms with Crippen molar-refractivity contribution >= 4 is 33.1 Å². The summed E-state index contributed by atoms with van der Waals surface area (Å²) in [4.78, 5) is 15.7. The van der Waals surface area contributed by atoms with Gasteiger partial charge in [0.25, 0.3) is 0 Å². The number of hydrogen-bond acceptors (Lipinski definition) is 5. The fourth-order valence-electron chi connectivity index (χ4n) is 2.63. The summed E-state index contributed by atoms with van der Waals surface area (Å²) in [7, 11) is 0. The van der Waals surface area contributed by atoms with E-state index >= 15 is 0 Å². The highest BCUT2D eigenvalue weighted by Crippen LogP contribution is 2.36. The highest BCUT2D eigenvalue weighted by Gasteiger charge is 2.15. The minimum Gasteiger partial charge on any atom is -0.340 e. The summed E-state index contributed by atoms with van der Waals surface area (Å²) >= 11 is 1.64. The van der Waals surface area contributed by atoms with Gasteiger partial charge in [-0.15, -0.1) is 11.3 Å². The van der Waals surface area contributed by atoms with Gasteiger partial charge in [0, 0.05) is 28.5 Å². The van der Waals surface area contributed by atoms with Crippen molar-refractivity contribution in [3.05, 3.63) is 65.0 Å². The van der Waals surface area contributed by atoms with Gasteiger partial charge in [0.1, 0.15) is 16.5 Å². The van der Waals surface area contributed by atoms with Crippen molar-refractivity contribution in [2.45, 2.75) is 13.8 Å². The topological polar surface area (TPSA) is 50.7 Å². The summed E-state index contributed by atoms with van der Waals surface area (Å²) in [5.74, 6) is 1.07. The van der Waals surface area contributed by atoms with E-state index in [9.17, 15) is 4.39 Å². The molecule has 0 saturated carbocycles. The van der Waals surface area contributed by atoms with Crippen molar-refractivity contribution in [1.82, 2.24) is 15.0 Å². The second kappa shape index (κ2) is 6.22. The zero-order chi connectivity index (χ0) is 17.4. The summed E-state index contributed by atoms with van der Waals surface area (Å²) in [5, 5.41) is 4.31. The van der Waals surface area contributed by atoms with Crippen LogP contribution in [0.1, 0.15) is 10.4 Å². The number of halogens is 1. The molecule has 4 aromatic rings. The molecule has 3 aromatic heterocycles. The predicted molar refractivity (Wildman–Crippen MR) is 99.8 cm³/mol. The minimum atomic E-state index is -0.267. The number of hydrogen-bond donors (Lipinski definition) is 1. The molecule has 0 spiro atoms. The molecule has 6 heteroatoms. The number of fused-ring (bicyclic) bond motifs is 1. The molecular formula is C19H15FN4S. The number of aryl methyl sites for hydroxylation is 2. The van der Waals surface area contributed by atoms with Gasteiger partial charge in [0.05, 0.1) is 5.39 Å². The van der Waals surface area contributed by atoms with Crippen LogP contribution in [0, 0.1) is 19.7 Å². The lowest BCUT2D eigenvalue weighted by atomic mass is 10.2. The van der Waals surface area contributed by atoms with Crippen LogP contribution < -0.4 is 5.32 Å². The number of pyridine rings is 1. The number of aromatic nitrogens is 3. The average Bonchev–Trinajstić information content (AvgIpc) is 2.92. The van der Waals surface area contributed by atoms with Crippen molar-refractivity contribution < 1.29 is 4.39 Å². The molecule has 4 nitrogen and oxygen atoms in total. The van der Waals surface area contributed by atoms with Gasteiger partial charge >= 0.3 is 0 Å². The second-order valence-electron chi connectivity index (χ2n) is 5.73. The predicted octanol–water partition coefficient (Wildman–Crippen LogP) is 5.25. The fourth-order valence-corrected chi connectivity index (χ4v) is 3.66. The number of nitrogens with one attached hydrogen (secondary N) is 1. The summed E-state index contributed by atoms with van der Waals surface area (Å²) in [6.45, 7) is 4.14. The monoisotopic (exact) mass is 350 g/mol. The number of thiophene rings is 1. The van der Waals surface area contributed by atoms with Crippen LogP contribution >= 0.6 is 11.3 Å². The molecule has 25 heavy (non-hydrogen) atoms. The highest BCUT2D eigenvalue weighted by molar-refractivity contribution is 7.18. The van der Waals surface area contributed by atoms with Crippen molar-refractivity contribution in [2.24, 2.45) is 0 Å². The smallest absolute Gasteiger partial charge is 0.164 e. The third-order valence-electron chi connectivity index (χ3n) is 4.06. The lowest BCUT2D eigenvalue weighted by Crippen LogP contribution is -1.99. The van der Waals surface area contributed by atoms with E-state index in [1.807, 2.05) is 12.1 Å². The van der Waals surface area contributed by atoms with E-state index in [4.69, 9.17) is 9.97 Å². The molecule has 1 N–H and O–H groups in total. The van der Waals surface area contributed by atoms with Crippen LogP contribution in [0.15, 0.2) is 48.8 Å². The van der Waals surface area contributed by atoms with E-state index < -0.39 is 0 Å². The lowest BCUT2D eigenvalue weighted by molar-refractivity contribution is 0.628. The second-order valence-corrected chi connectivity index (χ2v) is 6.94. The van der Waals surface area contributed by atoms with Gasteiger partial charge in [-0.05, 0) is 55.8 Å². The number of anilines is 2. The van der Waals surface area contributed by atoms with E-state index in [0.29, 0.717) is 5.82 Å². The normalized spacial score (nSPS) is 11.0. The molecule has 0 bridgehead atoms. The largest absolute Gasteiger partial charge is 0.340 e. The first-order chi connectivity index (χ1) is 12.1. The fraction of sp³-hybridized carbons (Fsp3) is 0.105. The molecule has 4 rings (SSSR count). The maximum absolute atomic E-state index is 13.2. The molecule has 124 valence electrons. The van der Waals surface area contributed by atoms with Crippen LogP contribution in [-0.2, 0) is 0 Å². The molecule has 0 aliphatic carbocycles. The lowest BCUT2D eigenvalue weighted by Gasteiger charge is -2.10. The van der Waals surface area contributed by atoms with E-state index in [0.717, 1.165) is 32.8 Å². The minimum absolute atomic E-state index is 0.267. The van der Waals surface area contributed by atoms with Gasteiger partial charge in [0.15, 0.2) is 5.82 Å². The van der Waals surface area contributed by atoms with Gasteiger partial charge in [0.2, 0.25) is 0 Å². The van der Waals surface area contributed by atoms with Crippen molar-refractivity contribution in [1.29, 1.82) is 0 Å². The first-order valence-electron chi connectivity index (χ1n) is 7.82. The van der Waals surface area contributed by atoms with Crippen LogP contribution in [0.4, 0.5) is 15.9 Å². The standard InChI is InChI=1S/C19H15FN4S/c1-11-12(2)25-19-16(11)18(22-15-7-5-14(20)6-8-15)23-17(24-19)13-4-3-9-21-10-13/h3-10H,1-2H3,(H,22,23,24). The molecule has 0 fully saturated rings. The number of rotatable bonds is 3. The molecule has 0 amide bonds. The van der Waals surface area contributed by atoms with Gasteiger partial charge in [-0.25, -0.2) is 14.4 Å². The first kappa shape index (κ1) is 15.7. The third-order valence-corrected chi connectivity index (χ3v) is 5.16. The van der Waals surface area contributed by atoms with Gasteiger partial charge in [-0.1, -0.05) is 0 Å². The van der Waals surface area contributed by atoms with Crippen molar-refractivity contribution in [3.63, 3.8) is 0 Å². The average molecular weight is 350 g/mol. The Morgan fingerprint density at radius 2 is 1.84 bits per heavy atom. The SMILES string of the molecule is Cc1sc2nc(-c3cccnc3)nc(Nc3ccc(F)cc3)c2c1C. The Labute approximate surface area is 148 Å². The van der Waals surface area contributed by atoms with Gasteiger partial charge in [-0.2, -0.15) is 0 Å². The Kier molecular flexibility index (Phi) is 3.89. The van der Waals surface area contributed by atoms with Crippen LogP contribution in [0.3, 0.4) is 0 Å². The molecule has 1 aromatic carbocycles. The Hall–Kier alpha value is -2.86. The van der Waals surface area contributed by atoms with Crippen molar-refractivity contribution in [2.75, 3.05) is 5.32 Å². The highest BCUT2D eigenvalue weighted by atomic mass is 32.1. The van der Waals surface area contributed by atoms with Crippen LogP contribution in [0.2, 0.25) is 0 Å². The molecule has 0 saturated heterocycles. The van der Waals surface area contributed by atoms with Crippen LogP contribution in [0.5, 0.6) is 0 Å². The van der Waals surface area contributed by atoms with E-state index in [1.165, 1.54) is 17.0 Å². The third kappa shape index (κ3) is 2.96. The summed E-state index contributed by atoms with van der Waals surface area (Å²) in [6, 6.07) is 10.0. The van der Waals surface area contributed by atoms with Gasteiger partial charge in [-0.3, -0.25) is 4.98 Å². The zero-order valence-corrected chi connectivity index (χ0v) is 14.6. The number of benzene rings is 1. The van der Waals surface area contributed by atoms with Crippen molar-refractivity contribution in [3.8, 4) is 11.4 Å². The quantitative estimate of drug-likeness (QED) is 0.548. The summed E-state index contributed by atoms with van der Waals surface area (Å²) < 4.78 is 13.2. The number of nitrogens with zero attached hydrogens (tertiary/aromatic N) is 3. The maximum atomic E-state index is 13.2. The summed E-state index contributed by atoms with van der Waals surface area (Å²) in [6.07, 6.45) is 3.47. The Bertz CT molecular complexity index is 1040. The molecular weight excluding hydrogens is 335 g/mol. The molecule has 0 aliphatic rings.